The molecule has 2 N–H and O–H groups in total. The number of carbonyl (C=O) groups is 2. The third kappa shape index (κ3) is 3.94. The van der Waals surface area contributed by atoms with Crippen molar-refractivity contribution in [1.29, 1.82) is 0 Å². The van der Waals surface area contributed by atoms with Crippen molar-refractivity contribution in [2.75, 3.05) is 0 Å². The van der Waals surface area contributed by atoms with Crippen LogP contribution in [-0.4, -0.2) is 11.8 Å². The maximum Gasteiger partial charge on any atom is 0.305 e. The van der Waals surface area contributed by atoms with Gasteiger partial charge in [-0.15, -0.1) is 0 Å². The number of amides is 2. The summed E-state index contributed by atoms with van der Waals surface area (Å²) in [5, 5.41) is 0.888. The SMILES string of the molecule is CCc1ccc(CCC(=O)NNC(=O)c2oc3ccccc3c2C)cc1. The molecule has 1 heterocycles. The molecular formula is C21H22N2O3. The van der Waals surface area contributed by atoms with Crippen molar-refractivity contribution in [2.45, 2.75) is 33.1 Å². The summed E-state index contributed by atoms with van der Waals surface area (Å²) in [6.45, 7) is 3.93. The fraction of sp³-hybridized carbons (Fsp3) is 0.238. The lowest BCUT2D eigenvalue weighted by Gasteiger charge is -2.07. The topological polar surface area (TPSA) is 71.3 Å². The minimum absolute atomic E-state index is 0.210. The number of carbonyl (C=O) groups excluding carboxylic acids is 2. The molecule has 26 heavy (non-hydrogen) atoms. The van der Waals surface area contributed by atoms with E-state index in [0.717, 1.165) is 22.9 Å². The van der Waals surface area contributed by atoms with Crippen LogP contribution in [0.15, 0.2) is 52.9 Å². The number of hydrogen-bond donors (Lipinski definition) is 2. The van der Waals surface area contributed by atoms with Crippen molar-refractivity contribution < 1.29 is 14.0 Å². The van der Waals surface area contributed by atoms with Crippen molar-refractivity contribution in [2.24, 2.45) is 0 Å². The van der Waals surface area contributed by atoms with E-state index < -0.39 is 5.91 Å². The van der Waals surface area contributed by atoms with Gasteiger partial charge in [-0.2, -0.15) is 0 Å². The summed E-state index contributed by atoms with van der Waals surface area (Å²) < 4.78 is 5.58. The van der Waals surface area contributed by atoms with Crippen LogP contribution < -0.4 is 10.9 Å². The van der Waals surface area contributed by atoms with Crippen LogP contribution in [0.4, 0.5) is 0 Å². The Morgan fingerprint density at radius 2 is 1.65 bits per heavy atom. The lowest BCUT2D eigenvalue weighted by Crippen LogP contribution is -2.41. The van der Waals surface area contributed by atoms with E-state index in [4.69, 9.17) is 4.42 Å². The third-order valence-corrected chi connectivity index (χ3v) is 4.44. The van der Waals surface area contributed by atoms with Crippen LogP contribution in [0.25, 0.3) is 11.0 Å². The highest BCUT2D eigenvalue weighted by Gasteiger charge is 2.17. The Kier molecular flexibility index (Phi) is 5.37. The van der Waals surface area contributed by atoms with Crippen LogP contribution in [-0.2, 0) is 17.6 Å². The standard InChI is InChI=1S/C21H22N2O3/c1-3-15-8-10-16(11-9-15)12-13-19(24)22-23-21(25)20-14(2)17-6-4-5-7-18(17)26-20/h4-11H,3,12-13H2,1-2H3,(H,22,24)(H,23,25). The molecule has 3 rings (SSSR count). The molecule has 0 aliphatic rings. The molecule has 0 saturated heterocycles. The largest absolute Gasteiger partial charge is 0.451 e. The highest BCUT2D eigenvalue weighted by molar-refractivity contribution is 5.99. The number of hydrazine groups is 1. The molecule has 5 heteroatoms. The van der Waals surface area contributed by atoms with Crippen LogP contribution in [0.5, 0.6) is 0 Å². The summed E-state index contributed by atoms with van der Waals surface area (Å²) in [6, 6.07) is 15.6. The van der Waals surface area contributed by atoms with Crippen LogP contribution >= 0.6 is 0 Å². The van der Waals surface area contributed by atoms with E-state index in [2.05, 4.69) is 29.9 Å². The monoisotopic (exact) mass is 350 g/mol. The second kappa shape index (κ2) is 7.87. The van der Waals surface area contributed by atoms with Gasteiger partial charge in [0.2, 0.25) is 5.91 Å². The summed E-state index contributed by atoms with van der Waals surface area (Å²) in [5.41, 5.74) is 8.64. The number of aryl methyl sites for hydroxylation is 3. The van der Waals surface area contributed by atoms with Gasteiger partial charge in [-0.05, 0) is 37.0 Å². The number of fused-ring (bicyclic) bond motifs is 1. The number of furan rings is 1. The van der Waals surface area contributed by atoms with Gasteiger partial charge in [0.25, 0.3) is 0 Å². The van der Waals surface area contributed by atoms with Crippen LogP contribution in [0.3, 0.4) is 0 Å². The molecule has 0 fully saturated rings. The molecule has 2 amide bonds. The Morgan fingerprint density at radius 3 is 2.35 bits per heavy atom. The van der Waals surface area contributed by atoms with E-state index >= 15 is 0 Å². The number of hydrogen-bond acceptors (Lipinski definition) is 3. The lowest BCUT2D eigenvalue weighted by atomic mass is 10.1. The van der Waals surface area contributed by atoms with E-state index in [1.165, 1.54) is 5.56 Å². The molecule has 2 aromatic carbocycles. The Morgan fingerprint density at radius 1 is 0.962 bits per heavy atom. The van der Waals surface area contributed by atoms with Crippen molar-refractivity contribution in [3.05, 3.63) is 71.0 Å². The summed E-state index contributed by atoms with van der Waals surface area (Å²) >= 11 is 0. The Balaban J connectivity index is 1.53. The van der Waals surface area contributed by atoms with Crippen LogP contribution in [0.2, 0.25) is 0 Å². The first-order valence-corrected chi connectivity index (χ1v) is 8.73. The number of benzene rings is 2. The molecule has 0 saturated carbocycles. The molecule has 3 aromatic rings. The second-order valence-electron chi connectivity index (χ2n) is 6.22. The Hall–Kier alpha value is -3.08. The smallest absolute Gasteiger partial charge is 0.305 e. The predicted octanol–water partition coefficient (Wildman–Crippen LogP) is 3.70. The molecular weight excluding hydrogens is 328 g/mol. The zero-order chi connectivity index (χ0) is 18.5. The first-order valence-electron chi connectivity index (χ1n) is 8.73. The maximum atomic E-state index is 12.3. The van der Waals surface area contributed by atoms with Crippen LogP contribution in [0, 0.1) is 6.92 Å². The first-order chi connectivity index (χ1) is 12.6. The molecule has 0 radical (unpaired) electrons. The molecule has 0 unspecified atom stereocenters. The molecule has 1 aromatic heterocycles. The van der Waals surface area contributed by atoms with Crippen molar-refractivity contribution in [3.63, 3.8) is 0 Å². The van der Waals surface area contributed by atoms with Crippen molar-refractivity contribution in [1.82, 2.24) is 10.9 Å². The fourth-order valence-corrected chi connectivity index (χ4v) is 2.84. The Labute approximate surface area is 152 Å². The fourth-order valence-electron chi connectivity index (χ4n) is 2.84. The average molecular weight is 350 g/mol. The van der Waals surface area contributed by atoms with Gasteiger partial charge in [-0.25, -0.2) is 0 Å². The Bertz CT molecular complexity index is 926. The highest BCUT2D eigenvalue weighted by atomic mass is 16.3. The predicted molar refractivity (Wildman–Crippen MR) is 101 cm³/mol. The van der Waals surface area contributed by atoms with Crippen molar-refractivity contribution >= 4 is 22.8 Å². The minimum atomic E-state index is -0.459. The molecule has 0 atom stereocenters. The molecule has 134 valence electrons. The van der Waals surface area contributed by atoms with Gasteiger partial charge in [0.15, 0.2) is 5.76 Å². The number of para-hydroxylation sites is 1. The zero-order valence-corrected chi connectivity index (χ0v) is 15.0. The van der Waals surface area contributed by atoms with Gasteiger partial charge in [0.05, 0.1) is 0 Å². The normalized spacial score (nSPS) is 10.7. The molecule has 0 aliphatic carbocycles. The molecule has 0 bridgehead atoms. The second-order valence-corrected chi connectivity index (χ2v) is 6.22. The summed E-state index contributed by atoms with van der Waals surface area (Å²) in [4.78, 5) is 24.2. The maximum absolute atomic E-state index is 12.3. The average Bonchev–Trinajstić information content (AvgIpc) is 3.02. The van der Waals surface area contributed by atoms with Gasteiger partial charge < -0.3 is 4.42 Å². The van der Waals surface area contributed by atoms with E-state index in [1.807, 2.05) is 43.3 Å². The van der Waals surface area contributed by atoms with E-state index in [9.17, 15) is 9.59 Å². The van der Waals surface area contributed by atoms with Gasteiger partial charge >= 0.3 is 5.91 Å². The van der Waals surface area contributed by atoms with Crippen molar-refractivity contribution in [3.8, 4) is 0 Å². The number of nitrogens with one attached hydrogen (secondary N) is 2. The highest BCUT2D eigenvalue weighted by Crippen LogP contribution is 2.24. The zero-order valence-electron chi connectivity index (χ0n) is 15.0. The van der Waals surface area contributed by atoms with E-state index in [0.29, 0.717) is 18.4 Å². The van der Waals surface area contributed by atoms with E-state index in [-0.39, 0.29) is 11.7 Å². The van der Waals surface area contributed by atoms with Gasteiger partial charge in [-0.1, -0.05) is 49.4 Å². The summed E-state index contributed by atoms with van der Waals surface area (Å²) in [6.07, 6.45) is 1.91. The summed E-state index contributed by atoms with van der Waals surface area (Å²) in [5.74, 6) is -0.493. The van der Waals surface area contributed by atoms with E-state index in [1.54, 1.807) is 0 Å². The van der Waals surface area contributed by atoms with Crippen LogP contribution in [0.1, 0.15) is 40.6 Å². The molecule has 0 spiro atoms. The molecule has 5 nitrogen and oxygen atoms in total. The number of rotatable bonds is 5. The minimum Gasteiger partial charge on any atom is -0.451 e. The lowest BCUT2D eigenvalue weighted by molar-refractivity contribution is -0.121. The summed E-state index contributed by atoms with van der Waals surface area (Å²) in [7, 11) is 0. The quantitative estimate of drug-likeness (QED) is 0.689. The third-order valence-electron chi connectivity index (χ3n) is 4.44. The van der Waals surface area contributed by atoms with Gasteiger partial charge in [-0.3, -0.25) is 20.4 Å². The first kappa shape index (κ1) is 17.7. The van der Waals surface area contributed by atoms with Gasteiger partial charge in [0.1, 0.15) is 5.58 Å². The molecule has 0 aliphatic heterocycles. The van der Waals surface area contributed by atoms with Gasteiger partial charge in [0, 0.05) is 17.4 Å².